The predicted molar refractivity (Wildman–Crippen MR) is 78.1 cm³/mol. The van der Waals surface area contributed by atoms with E-state index in [1.807, 2.05) is 13.2 Å². The summed E-state index contributed by atoms with van der Waals surface area (Å²) in [5.74, 6) is 0.353. The van der Waals surface area contributed by atoms with Gasteiger partial charge in [-0.1, -0.05) is 0 Å². The lowest BCUT2D eigenvalue weighted by atomic mass is 9.97. The van der Waals surface area contributed by atoms with E-state index in [0.717, 1.165) is 25.9 Å². The highest BCUT2D eigenvalue weighted by atomic mass is 32.1. The first kappa shape index (κ1) is 13.3. The Morgan fingerprint density at radius 3 is 2.95 bits per heavy atom. The van der Waals surface area contributed by atoms with Gasteiger partial charge in [0.15, 0.2) is 5.13 Å². The van der Waals surface area contributed by atoms with Crippen LogP contribution < -0.4 is 10.6 Å². The molecule has 0 atom stereocenters. The average Bonchev–Trinajstić information content (AvgIpc) is 3.09. The monoisotopic (exact) mass is 291 g/mol. The molecule has 2 aromatic rings. The van der Waals surface area contributed by atoms with Crippen molar-refractivity contribution >= 4 is 22.4 Å². The van der Waals surface area contributed by atoms with Crippen molar-refractivity contribution < 1.29 is 4.79 Å². The van der Waals surface area contributed by atoms with Crippen LogP contribution in [0.15, 0.2) is 18.7 Å². The number of nitrogens with one attached hydrogen (secondary N) is 2. The number of hydrogen-bond donors (Lipinski definition) is 2. The van der Waals surface area contributed by atoms with E-state index in [2.05, 4.69) is 20.6 Å². The third kappa shape index (κ3) is 2.88. The Morgan fingerprint density at radius 1 is 1.45 bits per heavy atom. The quantitative estimate of drug-likeness (QED) is 0.901. The summed E-state index contributed by atoms with van der Waals surface area (Å²) in [6.45, 7) is 2.11. The van der Waals surface area contributed by atoms with Gasteiger partial charge in [0, 0.05) is 24.3 Å². The van der Waals surface area contributed by atoms with Crippen molar-refractivity contribution in [2.75, 3.05) is 18.4 Å². The van der Waals surface area contributed by atoms with Gasteiger partial charge in [0.25, 0.3) is 5.91 Å². The van der Waals surface area contributed by atoms with E-state index in [0.29, 0.717) is 16.7 Å². The summed E-state index contributed by atoms with van der Waals surface area (Å²) in [6, 6.07) is 0. The third-order valence-electron chi connectivity index (χ3n) is 3.42. The number of imidazole rings is 1. The SMILES string of the molecule is Cn1cnc(C(=O)Nc2ncc(C3CCNCC3)s2)c1. The number of thiazole rings is 1. The van der Waals surface area contributed by atoms with Crippen LogP contribution in [-0.4, -0.2) is 33.5 Å². The van der Waals surface area contributed by atoms with Crippen LogP contribution in [0, 0.1) is 0 Å². The average molecular weight is 291 g/mol. The fourth-order valence-electron chi connectivity index (χ4n) is 2.33. The Kier molecular flexibility index (Phi) is 3.79. The van der Waals surface area contributed by atoms with Crippen molar-refractivity contribution in [1.82, 2.24) is 19.9 Å². The second-order valence-corrected chi connectivity index (χ2v) is 6.03. The number of aromatic nitrogens is 3. The minimum absolute atomic E-state index is 0.211. The Bertz CT molecular complexity index is 599. The van der Waals surface area contributed by atoms with Gasteiger partial charge in [-0.3, -0.25) is 10.1 Å². The van der Waals surface area contributed by atoms with Gasteiger partial charge in [0.05, 0.1) is 6.33 Å². The van der Waals surface area contributed by atoms with Gasteiger partial charge in [-0.2, -0.15) is 0 Å². The van der Waals surface area contributed by atoms with Gasteiger partial charge in [-0.25, -0.2) is 9.97 Å². The zero-order chi connectivity index (χ0) is 13.9. The highest BCUT2D eigenvalue weighted by Gasteiger charge is 2.18. The molecule has 2 aromatic heterocycles. The lowest BCUT2D eigenvalue weighted by Crippen LogP contribution is -2.26. The number of amides is 1. The molecule has 6 nitrogen and oxygen atoms in total. The largest absolute Gasteiger partial charge is 0.340 e. The van der Waals surface area contributed by atoms with Gasteiger partial charge >= 0.3 is 0 Å². The van der Waals surface area contributed by atoms with Gasteiger partial charge in [-0.15, -0.1) is 11.3 Å². The minimum atomic E-state index is -0.211. The van der Waals surface area contributed by atoms with Crippen molar-refractivity contribution in [1.29, 1.82) is 0 Å². The molecule has 7 heteroatoms. The van der Waals surface area contributed by atoms with Crippen LogP contribution >= 0.6 is 11.3 Å². The summed E-state index contributed by atoms with van der Waals surface area (Å²) in [5, 5.41) is 6.81. The summed E-state index contributed by atoms with van der Waals surface area (Å²) in [7, 11) is 1.84. The fraction of sp³-hybridized carbons (Fsp3) is 0.462. The second kappa shape index (κ2) is 5.72. The van der Waals surface area contributed by atoms with Crippen LogP contribution in [0.3, 0.4) is 0 Å². The summed E-state index contributed by atoms with van der Waals surface area (Å²) < 4.78 is 1.75. The first-order valence-corrected chi connectivity index (χ1v) is 7.50. The number of anilines is 1. The van der Waals surface area contributed by atoms with Crippen LogP contribution in [0.25, 0.3) is 0 Å². The zero-order valence-corrected chi connectivity index (χ0v) is 12.1. The van der Waals surface area contributed by atoms with Crippen molar-refractivity contribution in [2.45, 2.75) is 18.8 Å². The Balaban J connectivity index is 1.66. The molecular formula is C13H17N5OS. The van der Waals surface area contributed by atoms with E-state index in [1.165, 1.54) is 4.88 Å². The number of hydrogen-bond acceptors (Lipinski definition) is 5. The maximum atomic E-state index is 12.0. The normalized spacial score (nSPS) is 16.2. The molecule has 1 fully saturated rings. The first-order chi connectivity index (χ1) is 9.72. The lowest BCUT2D eigenvalue weighted by Gasteiger charge is -2.20. The summed E-state index contributed by atoms with van der Waals surface area (Å²) in [4.78, 5) is 21.6. The summed E-state index contributed by atoms with van der Waals surface area (Å²) in [5.41, 5.74) is 0.408. The van der Waals surface area contributed by atoms with Crippen LogP contribution in [-0.2, 0) is 7.05 Å². The topological polar surface area (TPSA) is 71.8 Å². The minimum Gasteiger partial charge on any atom is -0.340 e. The summed E-state index contributed by atoms with van der Waals surface area (Å²) >= 11 is 1.56. The van der Waals surface area contributed by atoms with Gasteiger partial charge in [-0.05, 0) is 31.8 Å². The third-order valence-corrected chi connectivity index (χ3v) is 4.50. The Hall–Kier alpha value is -1.73. The molecule has 0 saturated carbocycles. The fourth-order valence-corrected chi connectivity index (χ4v) is 3.31. The number of aryl methyl sites for hydroxylation is 1. The molecule has 3 heterocycles. The number of carbonyl (C=O) groups excluding carboxylic acids is 1. The molecule has 1 aliphatic heterocycles. The smallest absolute Gasteiger partial charge is 0.277 e. The van der Waals surface area contributed by atoms with E-state index in [1.54, 1.807) is 28.4 Å². The first-order valence-electron chi connectivity index (χ1n) is 6.68. The van der Waals surface area contributed by atoms with E-state index < -0.39 is 0 Å². The van der Waals surface area contributed by atoms with Crippen LogP contribution in [0.1, 0.15) is 34.1 Å². The Labute approximate surface area is 121 Å². The molecule has 1 saturated heterocycles. The number of piperidine rings is 1. The van der Waals surface area contributed by atoms with Crippen LogP contribution in [0.4, 0.5) is 5.13 Å². The van der Waals surface area contributed by atoms with Crippen molar-refractivity contribution in [2.24, 2.45) is 7.05 Å². The highest BCUT2D eigenvalue weighted by molar-refractivity contribution is 7.15. The Morgan fingerprint density at radius 2 is 2.25 bits per heavy atom. The molecule has 20 heavy (non-hydrogen) atoms. The molecule has 106 valence electrons. The second-order valence-electron chi connectivity index (χ2n) is 4.97. The molecule has 1 amide bonds. The van der Waals surface area contributed by atoms with Crippen molar-refractivity contribution in [3.8, 4) is 0 Å². The molecular weight excluding hydrogens is 274 g/mol. The number of carbonyl (C=O) groups is 1. The molecule has 0 spiro atoms. The van der Waals surface area contributed by atoms with Crippen LogP contribution in [0.2, 0.25) is 0 Å². The number of nitrogens with zero attached hydrogens (tertiary/aromatic N) is 3. The van der Waals surface area contributed by atoms with Gasteiger partial charge in [0.2, 0.25) is 0 Å². The standard InChI is InChI=1S/C13H17N5OS/c1-18-7-10(16-8-18)12(19)17-13-15-6-11(20-13)9-2-4-14-5-3-9/h6-9,14H,2-5H2,1H3,(H,15,17,19). The molecule has 1 aliphatic rings. The van der Waals surface area contributed by atoms with Gasteiger partial charge < -0.3 is 9.88 Å². The maximum Gasteiger partial charge on any atom is 0.277 e. The summed E-state index contributed by atoms with van der Waals surface area (Å²) in [6.07, 6.45) is 7.45. The molecule has 0 aromatic carbocycles. The molecule has 0 bridgehead atoms. The van der Waals surface area contributed by atoms with Crippen molar-refractivity contribution in [3.05, 3.63) is 29.3 Å². The number of rotatable bonds is 3. The molecule has 2 N–H and O–H groups in total. The zero-order valence-electron chi connectivity index (χ0n) is 11.3. The molecule has 0 radical (unpaired) electrons. The van der Waals surface area contributed by atoms with Crippen LogP contribution in [0.5, 0.6) is 0 Å². The molecule has 0 aliphatic carbocycles. The predicted octanol–water partition coefficient (Wildman–Crippen LogP) is 1.60. The van der Waals surface area contributed by atoms with E-state index >= 15 is 0 Å². The molecule has 3 rings (SSSR count). The molecule has 0 unspecified atom stereocenters. The van der Waals surface area contributed by atoms with Gasteiger partial charge in [0.1, 0.15) is 5.69 Å². The van der Waals surface area contributed by atoms with E-state index in [-0.39, 0.29) is 5.91 Å². The van der Waals surface area contributed by atoms with E-state index in [4.69, 9.17) is 0 Å². The lowest BCUT2D eigenvalue weighted by molar-refractivity contribution is 0.102. The highest BCUT2D eigenvalue weighted by Crippen LogP contribution is 2.31. The maximum absolute atomic E-state index is 12.0. The van der Waals surface area contributed by atoms with E-state index in [9.17, 15) is 4.79 Å². The van der Waals surface area contributed by atoms with Crippen molar-refractivity contribution in [3.63, 3.8) is 0 Å².